The van der Waals surface area contributed by atoms with E-state index in [0.29, 0.717) is 0 Å². The predicted octanol–water partition coefficient (Wildman–Crippen LogP) is 8.78. The minimum Gasteiger partial charge on any atom is -0.199 e. The Bertz CT molecular complexity index is 1360. The largest absolute Gasteiger partial charge is 0.199 e. The number of allylic oxidation sites excluding steroid dienone is 2. The SMILES string of the molecule is C=CC=C.CC#N.[Ir].c1ccc(P(c2ccccc2)c2ccccc2)cc1.c1ccc(P(c2ccccc2)c2ccccc2)cc1. The zero-order valence-corrected chi connectivity index (χ0v) is 30.2. The van der Waals surface area contributed by atoms with E-state index in [2.05, 4.69) is 195 Å². The van der Waals surface area contributed by atoms with Crippen LogP contribution in [0, 0.1) is 11.3 Å². The summed E-state index contributed by atoms with van der Waals surface area (Å²) in [6.07, 6.45) is 3.28. The minimum absolute atomic E-state index is 0. The van der Waals surface area contributed by atoms with E-state index in [1.165, 1.54) is 38.8 Å². The molecule has 6 aromatic carbocycles. The van der Waals surface area contributed by atoms with Gasteiger partial charge in [-0.25, -0.2) is 0 Å². The minimum atomic E-state index is -0.446. The van der Waals surface area contributed by atoms with Crippen molar-refractivity contribution in [3.05, 3.63) is 207 Å². The smallest absolute Gasteiger partial charge is 0.0587 e. The number of hydrogen-bond donors (Lipinski definition) is 0. The molecule has 0 N–H and O–H groups in total. The van der Waals surface area contributed by atoms with Crippen molar-refractivity contribution < 1.29 is 20.1 Å². The second-order valence-electron chi connectivity index (χ2n) is 9.38. The molecule has 1 nitrogen and oxygen atoms in total. The molecule has 0 unspecified atom stereocenters. The first-order valence-electron chi connectivity index (χ1n) is 14.7. The van der Waals surface area contributed by atoms with E-state index >= 15 is 0 Å². The summed E-state index contributed by atoms with van der Waals surface area (Å²) in [4.78, 5) is 0. The summed E-state index contributed by atoms with van der Waals surface area (Å²) in [6, 6.07) is 66.4. The van der Waals surface area contributed by atoms with Crippen LogP contribution in [0.4, 0.5) is 0 Å². The van der Waals surface area contributed by atoms with Gasteiger partial charge in [0.05, 0.1) is 6.07 Å². The van der Waals surface area contributed by atoms with Gasteiger partial charge < -0.3 is 0 Å². The van der Waals surface area contributed by atoms with Crippen LogP contribution in [0.3, 0.4) is 0 Å². The summed E-state index contributed by atoms with van der Waals surface area (Å²) in [7, 11) is -0.892. The molecule has 0 atom stereocenters. The zero-order chi connectivity index (χ0) is 32.0. The molecule has 4 heteroatoms. The van der Waals surface area contributed by atoms with Gasteiger partial charge in [0, 0.05) is 27.0 Å². The Morgan fingerprint density at radius 2 is 0.522 bits per heavy atom. The van der Waals surface area contributed by atoms with Gasteiger partial charge in [0.2, 0.25) is 0 Å². The molecule has 0 amide bonds. The van der Waals surface area contributed by atoms with E-state index in [-0.39, 0.29) is 20.1 Å². The number of hydrogen-bond acceptors (Lipinski definition) is 1. The van der Waals surface area contributed by atoms with Crippen LogP contribution in [0.1, 0.15) is 6.92 Å². The van der Waals surface area contributed by atoms with Gasteiger partial charge in [0.25, 0.3) is 0 Å². The van der Waals surface area contributed by atoms with Gasteiger partial charge in [0.15, 0.2) is 0 Å². The topological polar surface area (TPSA) is 23.8 Å². The van der Waals surface area contributed by atoms with Crippen molar-refractivity contribution in [3.63, 3.8) is 0 Å². The fraction of sp³-hybridized carbons (Fsp3) is 0.0238. The molecule has 6 rings (SSSR count). The standard InChI is InChI=1S/2C18H15P.C4H6.C2H3N.Ir/c2*1-4-10-16(11-5-1)19(17-12-6-2-7-13-17)18-14-8-3-9-15-18;1-3-4-2;1-2-3;/h2*1-15H;3-4H,1-2H2;1H3;. The molecule has 0 aliphatic heterocycles. The van der Waals surface area contributed by atoms with E-state index in [0.717, 1.165) is 0 Å². The Hall–Kier alpha value is -4.20. The molecule has 0 fully saturated rings. The summed E-state index contributed by atoms with van der Waals surface area (Å²) < 4.78 is 0. The Balaban J connectivity index is 0.000000262. The molecule has 1 radical (unpaired) electrons. The average Bonchev–Trinajstić information content (AvgIpc) is 3.12. The second-order valence-corrected chi connectivity index (χ2v) is 13.8. The second kappa shape index (κ2) is 23.2. The number of nitriles is 1. The molecule has 0 saturated carbocycles. The third-order valence-electron chi connectivity index (χ3n) is 6.25. The van der Waals surface area contributed by atoms with Crippen LogP contribution in [-0.4, -0.2) is 0 Å². The number of rotatable bonds is 7. The Morgan fingerprint density at radius 1 is 0.391 bits per heavy atom. The van der Waals surface area contributed by atoms with Crippen LogP contribution in [0.25, 0.3) is 0 Å². The molecule has 231 valence electrons. The van der Waals surface area contributed by atoms with Gasteiger partial charge >= 0.3 is 0 Å². The summed E-state index contributed by atoms with van der Waals surface area (Å²) in [5.74, 6) is 0. The molecule has 0 bridgehead atoms. The van der Waals surface area contributed by atoms with E-state index in [4.69, 9.17) is 5.26 Å². The molecule has 0 aromatic heterocycles. The average molecular weight is 812 g/mol. The van der Waals surface area contributed by atoms with Crippen LogP contribution < -0.4 is 31.8 Å². The maximum atomic E-state index is 7.32. The third-order valence-corrected chi connectivity index (χ3v) is 11.1. The normalized spacial score (nSPS) is 9.35. The maximum absolute atomic E-state index is 7.32. The molecular formula is C42H39IrNP2. The fourth-order valence-electron chi connectivity index (χ4n) is 4.36. The first-order valence-corrected chi connectivity index (χ1v) is 17.4. The molecule has 6 aromatic rings. The molecule has 0 saturated heterocycles. The van der Waals surface area contributed by atoms with Crippen LogP contribution in [-0.2, 0) is 20.1 Å². The van der Waals surface area contributed by atoms with Gasteiger partial charge in [0.1, 0.15) is 0 Å². The zero-order valence-electron chi connectivity index (χ0n) is 26.1. The quantitative estimate of drug-likeness (QED) is 0.117. The predicted molar refractivity (Wildman–Crippen MR) is 202 cm³/mol. The van der Waals surface area contributed by atoms with Crippen LogP contribution in [0.15, 0.2) is 207 Å². The Morgan fingerprint density at radius 3 is 0.630 bits per heavy atom. The summed E-state index contributed by atoms with van der Waals surface area (Å²) in [5, 5.41) is 15.7. The monoisotopic (exact) mass is 812 g/mol. The van der Waals surface area contributed by atoms with Crippen molar-refractivity contribution in [2.45, 2.75) is 6.92 Å². The first kappa shape index (κ1) is 38.0. The summed E-state index contributed by atoms with van der Waals surface area (Å²) in [5.41, 5.74) is 0. The molecule has 0 heterocycles. The molecule has 46 heavy (non-hydrogen) atoms. The maximum Gasteiger partial charge on any atom is 0.0587 e. The van der Waals surface area contributed by atoms with Crippen molar-refractivity contribution in [1.29, 1.82) is 5.26 Å². The molecular weight excluding hydrogens is 773 g/mol. The van der Waals surface area contributed by atoms with Gasteiger partial charge in [-0.2, -0.15) is 5.26 Å². The number of nitrogens with zero attached hydrogens (tertiary/aromatic N) is 1. The summed E-state index contributed by atoms with van der Waals surface area (Å²) >= 11 is 0. The third kappa shape index (κ3) is 12.7. The summed E-state index contributed by atoms with van der Waals surface area (Å²) in [6.45, 7) is 8.15. The Labute approximate surface area is 291 Å². The van der Waals surface area contributed by atoms with Crippen molar-refractivity contribution in [2.75, 3.05) is 0 Å². The van der Waals surface area contributed by atoms with Gasteiger partial charge in [-0.05, 0) is 47.7 Å². The fourth-order valence-corrected chi connectivity index (χ4v) is 8.97. The molecule has 0 spiro atoms. The van der Waals surface area contributed by atoms with Crippen molar-refractivity contribution in [2.24, 2.45) is 0 Å². The molecule has 0 aliphatic carbocycles. The van der Waals surface area contributed by atoms with E-state index in [9.17, 15) is 0 Å². The molecule has 0 aliphatic rings. The van der Waals surface area contributed by atoms with E-state index < -0.39 is 15.8 Å². The van der Waals surface area contributed by atoms with E-state index in [1.54, 1.807) is 18.2 Å². The van der Waals surface area contributed by atoms with Crippen LogP contribution >= 0.6 is 15.8 Å². The van der Waals surface area contributed by atoms with Gasteiger partial charge in [-0.1, -0.05) is 207 Å². The van der Waals surface area contributed by atoms with Gasteiger partial charge in [-0.15, -0.1) is 0 Å². The van der Waals surface area contributed by atoms with Crippen molar-refractivity contribution >= 4 is 47.7 Å². The van der Waals surface area contributed by atoms with E-state index in [1.807, 2.05) is 0 Å². The van der Waals surface area contributed by atoms with Crippen LogP contribution in [0.2, 0.25) is 0 Å². The first-order chi connectivity index (χ1) is 22.2. The Kier molecular flexibility index (Phi) is 19.1. The van der Waals surface area contributed by atoms with Gasteiger partial charge in [-0.3, -0.25) is 0 Å². The van der Waals surface area contributed by atoms with Crippen LogP contribution in [0.5, 0.6) is 0 Å². The van der Waals surface area contributed by atoms with Crippen molar-refractivity contribution in [1.82, 2.24) is 0 Å². The van der Waals surface area contributed by atoms with Crippen molar-refractivity contribution in [3.8, 4) is 6.07 Å². The number of benzene rings is 6.